The zero-order valence-electron chi connectivity index (χ0n) is 8.92. The Bertz CT molecular complexity index is 471. The van der Waals surface area contributed by atoms with Crippen LogP contribution < -0.4 is 0 Å². The van der Waals surface area contributed by atoms with Gasteiger partial charge in [-0.05, 0) is 36.7 Å². The molecule has 1 aliphatic rings. The maximum atomic E-state index is 12.6. The number of aliphatic imine (C=N–C) groups is 1. The number of rotatable bonds is 3. The minimum Gasteiger partial charge on any atom is -0.232 e. The lowest BCUT2D eigenvalue weighted by molar-refractivity contribution is -0.137. The predicted octanol–water partition coefficient (Wildman–Crippen LogP) is 3.84. The number of isothiocyanates is 1. The van der Waals surface area contributed by atoms with Crippen molar-refractivity contribution in [2.75, 3.05) is 6.54 Å². The standard InChI is InChI=1S/C12H10F3NS/c13-12(14,15)10-3-1-2-9(6-10)11(4-5-11)7-16-8-17/h1-3,6H,4-5,7H2. The van der Waals surface area contributed by atoms with Gasteiger partial charge in [-0.1, -0.05) is 18.2 Å². The molecule has 1 aliphatic carbocycles. The number of benzene rings is 1. The monoisotopic (exact) mass is 257 g/mol. The summed E-state index contributed by atoms with van der Waals surface area (Å²) in [4.78, 5) is 3.86. The molecule has 1 aromatic carbocycles. The van der Waals surface area contributed by atoms with Crippen molar-refractivity contribution in [3.05, 3.63) is 35.4 Å². The highest BCUT2D eigenvalue weighted by Gasteiger charge is 2.45. The molecule has 5 heteroatoms. The van der Waals surface area contributed by atoms with Crippen LogP contribution in [-0.2, 0) is 11.6 Å². The van der Waals surface area contributed by atoms with E-state index in [0.717, 1.165) is 18.9 Å². The van der Waals surface area contributed by atoms with E-state index >= 15 is 0 Å². The third kappa shape index (κ3) is 2.56. The first-order chi connectivity index (χ1) is 7.98. The number of hydrogen-bond donors (Lipinski definition) is 0. The van der Waals surface area contributed by atoms with Gasteiger partial charge in [-0.2, -0.15) is 13.2 Å². The van der Waals surface area contributed by atoms with E-state index in [-0.39, 0.29) is 5.41 Å². The first-order valence-corrected chi connectivity index (χ1v) is 5.60. The van der Waals surface area contributed by atoms with Gasteiger partial charge in [0.05, 0.1) is 17.3 Å². The van der Waals surface area contributed by atoms with E-state index in [9.17, 15) is 13.2 Å². The summed E-state index contributed by atoms with van der Waals surface area (Å²) >= 11 is 4.49. The predicted molar refractivity (Wildman–Crippen MR) is 62.2 cm³/mol. The van der Waals surface area contributed by atoms with Crippen molar-refractivity contribution in [2.24, 2.45) is 4.99 Å². The molecule has 0 heterocycles. The zero-order chi connectivity index (χ0) is 12.5. The molecule has 1 nitrogen and oxygen atoms in total. The van der Waals surface area contributed by atoms with Crippen molar-refractivity contribution in [1.29, 1.82) is 0 Å². The van der Waals surface area contributed by atoms with Crippen LogP contribution in [0.3, 0.4) is 0 Å². The van der Waals surface area contributed by atoms with Crippen LogP contribution >= 0.6 is 12.2 Å². The lowest BCUT2D eigenvalue weighted by atomic mass is 9.94. The average molecular weight is 257 g/mol. The van der Waals surface area contributed by atoms with Gasteiger partial charge in [0, 0.05) is 5.41 Å². The molecule has 0 aromatic heterocycles. The largest absolute Gasteiger partial charge is 0.416 e. The minimum atomic E-state index is -4.29. The average Bonchev–Trinajstić information content (AvgIpc) is 3.07. The van der Waals surface area contributed by atoms with Crippen LogP contribution in [0.2, 0.25) is 0 Å². The van der Waals surface area contributed by atoms with E-state index in [0.29, 0.717) is 12.1 Å². The summed E-state index contributed by atoms with van der Waals surface area (Å²) in [5.74, 6) is 0. The molecule has 0 unspecified atom stereocenters. The second-order valence-electron chi connectivity index (χ2n) is 4.27. The highest BCUT2D eigenvalue weighted by molar-refractivity contribution is 7.78. The second-order valence-corrected chi connectivity index (χ2v) is 4.45. The molecule has 17 heavy (non-hydrogen) atoms. The molecule has 0 radical (unpaired) electrons. The summed E-state index contributed by atoms with van der Waals surface area (Å²) in [5, 5.41) is 2.26. The van der Waals surface area contributed by atoms with Crippen molar-refractivity contribution in [1.82, 2.24) is 0 Å². The third-order valence-corrected chi connectivity index (χ3v) is 3.23. The Hall–Kier alpha value is -1.19. The molecule has 0 bridgehead atoms. The summed E-state index contributed by atoms with van der Waals surface area (Å²) in [6.07, 6.45) is -2.58. The van der Waals surface area contributed by atoms with E-state index in [1.807, 2.05) is 0 Å². The summed E-state index contributed by atoms with van der Waals surface area (Å²) < 4.78 is 37.7. The van der Waals surface area contributed by atoms with Gasteiger partial charge < -0.3 is 0 Å². The Balaban J connectivity index is 2.31. The normalized spacial score (nSPS) is 17.4. The smallest absolute Gasteiger partial charge is 0.232 e. The molecule has 0 spiro atoms. The van der Waals surface area contributed by atoms with E-state index in [1.54, 1.807) is 6.07 Å². The molecular weight excluding hydrogens is 247 g/mol. The summed E-state index contributed by atoms with van der Waals surface area (Å²) in [7, 11) is 0. The molecule has 90 valence electrons. The molecule has 0 N–H and O–H groups in total. The third-order valence-electron chi connectivity index (χ3n) is 3.10. The van der Waals surface area contributed by atoms with Crippen LogP contribution in [-0.4, -0.2) is 11.7 Å². The van der Waals surface area contributed by atoms with Crippen LogP contribution in [0.1, 0.15) is 24.0 Å². The Morgan fingerprint density at radius 2 is 2.06 bits per heavy atom. The highest BCUT2D eigenvalue weighted by atomic mass is 32.1. The van der Waals surface area contributed by atoms with Crippen molar-refractivity contribution in [2.45, 2.75) is 24.4 Å². The number of nitrogens with zero attached hydrogens (tertiary/aromatic N) is 1. The molecule has 0 atom stereocenters. The van der Waals surface area contributed by atoms with E-state index in [4.69, 9.17) is 0 Å². The molecule has 1 saturated carbocycles. The fourth-order valence-electron chi connectivity index (χ4n) is 1.90. The fraction of sp³-hybridized carbons (Fsp3) is 0.417. The molecule has 2 rings (SSSR count). The summed E-state index contributed by atoms with van der Waals surface area (Å²) in [5.41, 5.74) is -0.151. The topological polar surface area (TPSA) is 12.4 Å². The summed E-state index contributed by atoms with van der Waals surface area (Å²) in [6, 6.07) is 5.47. The second kappa shape index (κ2) is 4.24. The van der Waals surface area contributed by atoms with Crippen molar-refractivity contribution in [3.63, 3.8) is 0 Å². The van der Waals surface area contributed by atoms with Gasteiger partial charge in [0.15, 0.2) is 0 Å². The number of alkyl halides is 3. The molecule has 0 amide bonds. The quantitative estimate of drug-likeness (QED) is 0.592. The first kappa shape index (κ1) is 12.3. The maximum Gasteiger partial charge on any atom is 0.416 e. The van der Waals surface area contributed by atoms with Crippen LogP contribution in [0.25, 0.3) is 0 Å². The summed E-state index contributed by atoms with van der Waals surface area (Å²) in [6.45, 7) is 0.428. The van der Waals surface area contributed by atoms with Gasteiger partial charge in [-0.25, -0.2) is 4.99 Å². The van der Waals surface area contributed by atoms with Gasteiger partial charge in [-0.15, -0.1) is 0 Å². The van der Waals surface area contributed by atoms with E-state index < -0.39 is 11.7 Å². The number of thiocarbonyl (C=S) groups is 1. The van der Waals surface area contributed by atoms with E-state index in [1.165, 1.54) is 12.1 Å². The Morgan fingerprint density at radius 1 is 1.35 bits per heavy atom. The zero-order valence-corrected chi connectivity index (χ0v) is 9.74. The number of hydrogen-bond acceptors (Lipinski definition) is 2. The molecular formula is C12H10F3NS. The molecule has 0 saturated heterocycles. The fourth-order valence-corrected chi connectivity index (χ4v) is 1.96. The Morgan fingerprint density at radius 3 is 2.59 bits per heavy atom. The number of halogens is 3. The van der Waals surface area contributed by atoms with Crippen LogP contribution in [0, 0.1) is 0 Å². The maximum absolute atomic E-state index is 12.6. The van der Waals surface area contributed by atoms with E-state index in [2.05, 4.69) is 22.4 Å². The van der Waals surface area contributed by atoms with Crippen LogP contribution in [0.4, 0.5) is 13.2 Å². The lowest BCUT2D eigenvalue weighted by Crippen LogP contribution is -2.13. The minimum absolute atomic E-state index is 0.243. The first-order valence-electron chi connectivity index (χ1n) is 5.19. The van der Waals surface area contributed by atoms with Gasteiger partial charge in [0.25, 0.3) is 0 Å². The van der Waals surface area contributed by atoms with Gasteiger partial charge in [-0.3, -0.25) is 0 Å². The Labute approximate surface area is 102 Å². The van der Waals surface area contributed by atoms with Crippen molar-refractivity contribution in [3.8, 4) is 0 Å². The van der Waals surface area contributed by atoms with Gasteiger partial charge >= 0.3 is 6.18 Å². The SMILES string of the molecule is FC(F)(F)c1cccc(C2(CN=C=S)CC2)c1. The molecule has 1 fully saturated rings. The highest BCUT2D eigenvalue weighted by Crippen LogP contribution is 2.49. The van der Waals surface area contributed by atoms with Crippen molar-refractivity contribution >= 4 is 17.4 Å². The van der Waals surface area contributed by atoms with Gasteiger partial charge in [0.2, 0.25) is 0 Å². The van der Waals surface area contributed by atoms with Crippen molar-refractivity contribution < 1.29 is 13.2 Å². The molecule has 0 aliphatic heterocycles. The Kier molecular flexibility index (Phi) is 3.06. The molecule has 1 aromatic rings. The van der Waals surface area contributed by atoms with Gasteiger partial charge in [0.1, 0.15) is 0 Å². The lowest BCUT2D eigenvalue weighted by Gasteiger charge is -2.14. The van der Waals surface area contributed by atoms with Crippen LogP contribution in [0.5, 0.6) is 0 Å². The van der Waals surface area contributed by atoms with Crippen LogP contribution in [0.15, 0.2) is 29.3 Å².